The van der Waals surface area contributed by atoms with Crippen LogP contribution in [0, 0.1) is 10.1 Å². The van der Waals surface area contributed by atoms with Crippen molar-refractivity contribution in [3.63, 3.8) is 0 Å². The Morgan fingerprint density at radius 3 is 2.77 bits per heavy atom. The van der Waals surface area contributed by atoms with Gasteiger partial charge < -0.3 is 4.55 Å². The molecule has 4 nitrogen and oxygen atoms in total. The smallest absolute Gasteiger partial charge is 0.269 e. The molecule has 0 amide bonds. The minimum atomic E-state index is -0.961. The minimum Gasteiger partial charge on any atom is -0.616 e. The van der Waals surface area contributed by atoms with Gasteiger partial charge in [-0.3, -0.25) is 10.1 Å². The average molecular weight is 199 g/mol. The number of hydrogen-bond acceptors (Lipinski definition) is 3. The average Bonchev–Trinajstić information content (AvgIpc) is 2.03. The maximum absolute atomic E-state index is 10.8. The highest BCUT2D eigenvalue weighted by Crippen LogP contribution is 2.14. The lowest BCUT2D eigenvalue weighted by Gasteiger charge is -2.03. The van der Waals surface area contributed by atoms with Gasteiger partial charge in [-0.05, 0) is 0 Å². The van der Waals surface area contributed by atoms with Gasteiger partial charge in [-0.15, -0.1) is 0 Å². The van der Waals surface area contributed by atoms with Crippen LogP contribution in [0.2, 0.25) is 0 Å². The Balaban J connectivity index is 2.85. The molecule has 0 aliphatic heterocycles. The molecule has 70 valence electrons. The van der Waals surface area contributed by atoms with Gasteiger partial charge in [0.2, 0.25) is 0 Å². The fourth-order valence-electron chi connectivity index (χ4n) is 0.995. The first kappa shape index (κ1) is 10.0. The fraction of sp³-hybridized carbons (Fsp3) is 0.250. The maximum Gasteiger partial charge on any atom is 0.269 e. The molecule has 0 N–H and O–H groups in total. The lowest BCUT2D eigenvalue weighted by Crippen LogP contribution is -2.01. The van der Waals surface area contributed by atoms with Crippen molar-refractivity contribution >= 4 is 16.9 Å². The monoisotopic (exact) mass is 199 g/mol. The van der Waals surface area contributed by atoms with Gasteiger partial charge in [0, 0.05) is 17.7 Å². The van der Waals surface area contributed by atoms with Gasteiger partial charge in [0.1, 0.15) is 5.75 Å². The molecule has 0 spiro atoms. The van der Waals surface area contributed by atoms with Crippen molar-refractivity contribution in [1.82, 2.24) is 0 Å². The third-order valence-corrected chi connectivity index (χ3v) is 2.23. The van der Waals surface area contributed by atoms with Gasteiger partial charge in [0.25, 0.3) is 5.69 Å². The summed E-state index contributed by atoms with van der Waals surface area (Å²) in [6, 6.07) is 6.19. The van der Waals surface area contributed by atoms with Crippen LogP contribution >= 0.6 is 0 Å². The highest BCUT2D eigenvalue weighted by Gasteiger charge is 2.07. The highest BCUT2D eigenvalue weighted by atomic mass is 32.2. The summed E-state index contributed by atoms with van der Waals surface area (Å²) in [5.41, 5.74) is 0.776. The second-order valence-electron chi connectivity index (χ2n) is 2.64. The first-order chi connectivity index (χ1) is 6.09. The minimum absolute atomic E-state index is 0.0444. The summed E-state index contributed by atoms with van der Waals surface area (Å²) in [6.45, 7) is 0. The quantitative estimate of drug-likeness (QED) is 0.420. The van der Waals surface area contributed by atoms with Gasteiger partial charge >= 0.3 is 0 Å². The summed E-state index contributed by atoms with van der Waals surface area (Å²) in [7, 11) is 0. The molecule has 1 atom stereocenters. The highest BCUT2D eigenvalue weighted by molar-refractivity contribution is 7.89. The molecule has 1 rings (SSSR count). The van der Waals surface area contributed by atoms with Gasteiger partial charge in [-0.2, -0.15) is 0 Å². The van der Waals surface area contributed by atoms with Crippen molar-refractivity contribution in [3.8, 4) is 0 Å². The Morgan fingerprint density at radius 2 is 2.23 bits per heavy atom. The predicted molar refractivity (Wildman–Crippen MR) is 50.9 cm³/mol. The largest absolute Gasteiger partial charge is 0.616 e. The number of nitro benzene ring substituents is 1. The van der Waals surface area contributed by atoms with Crippen molar-refractivity contribution < 1.29 is 9.48 Å². The van der Waals surface area contributed by atoms with Gasteiger partial charge in [0.15, 0.2) is 0 Å². The number of benzene rings is 1. The SMILES string of the molecule is C[S+]([O-])Cc1cccc([N+](=O)[O-])c1. The van der Waals surface area contributed by atoms with Crippen LogP contribution in [-0.2, 0) is 16.9 Å². The van der Waals surface area contributed by atoms with E-state index in [1.165, 1.54) is 12.1 Å². The molecule has 0 fully saturated rings. The van der Waals surface area contributed by atoms with Gasteiger partial charge in [-0.25, -0.2) is 0 Å². The third kappa shape index (κ3) is 3.04. The lowest BCUT2D eigenvalue weighted by molar-refractivity contribution is -0.384. The van der Waals surface area contributed by atoms with Crippen molar-refractivity contribution in [3.05, 3.63) is 39.9 Å². The Bertz CT molecular complexity index is 314. The van der Waals surface area contributed by atoms with E-state index >= 15 is 0 Å². The zero-order chi connectivity index (χ0) is 9.84. The zero-order valence-electron chi connectivity index (χ0n) is 7.10. The first-order valence-corrected chi connectivity index (χ1v) is 5.35. The van der Waals surface area contributed by atoms with E-state index < -0.39 is 16.1 Å². The predicted octanol–water partition coefficient (Wildman–Crippen LogP) is 1.47. The molecule has 0 aliphatic rings. The first-order valence-electron chi connectivity index (χ1n) is 3.63. The Morgan fingerprint density at radius 1 is 1.54 bits per heavy atom. The molecule has 0 saturated heterocycles. The molecular formula is C8H9NO3S. The van der Waals surface area contributed by atoms with Crippen LogP contribution in [0.15, 0.2) is 24.3 Å². The second-order valence-corrected chi connectivity index (χ2v) is 4.08. The number of non-ortho nitro benzene ring substituents is 1. The molecule has 0 bridgehead atoms. The van der Waals surface area contributed by atoms with E-state index in [1.54, 1.807) is 18.4 Å². The summed E-state index contributed by atoms with van der Waals surface area (Å²) < 4.78 is 10.8. The molecule has 0 saturated carbocycles. The number of rotatable bonds is 3. The van der Waals surface area contributed by atoms with E-state index in [-0.39, 0.29) is 5.69 Å². The molecule has 0 aromatic heterocycles. The third-order valence-electron chi connectivity index (χ3n) is 1.49. The summed E-state index contributed by atoms with van der Waals surface area (Å²) in [6.07, 6.45) is 1.57. The summed E-state index contributed by atoms with van der Waals surface area (Å²) in [5.74, 6) is 0.363. The maximum atomic E-state index is 10.8. The summed E-state index contributed by atoms with van der Waals surface area (Å²) in [5, 5.41) is 10.4. The van der Waals surface area contributed by atoms with Crippen LogP contribution in [0.25, 0.3) is 0 Å². The van der Waals surface area contributed by atoms with Crippen LogP contribution in [0.3, 0.4) is 0 Å². The fourth-order valence-corrected chi connectivity index (χ4v) is 1.64. The van der Waals surface area contributed by atoms with E-state index in [9.17, 15) is 14.7 Å². The molecule has 0 aliphatic carbocycles. The molecular weight excluding hydrogens is 190 g/mol. The standard InChI is InChI=1S/C8H9NO3S/c1-13(12)6-7-3-2-4-8(5-7)9(10)11/h2-5H,6H2,1H3. The van der Waals surface area contributed by atoms with E-state index in [0.29, 0.717) is 5.75 Å². The number of hydrogen-bond donors (Lipinski definition) is 0. The van der Waals surface area contributed by atoms with Crippen LogP contribution in [-0.4, -0.2) is 15.7 Å². The lowest BCUT2D eigenvalue weighted by atomic mass is 10.2. The molecule has 1 unspecified atom stereocenters. The number of nitrogens with zero attached hydrogens (tertiary/aromatic N) is 1. The van der Waals surface area contributed by atoms with Gasteiger partial charge in [-0.1, -0.05) is 23.3 Å². The van der Waals surface area contributed by atoms with Crippen molar-refractivity contribution in [2.24, 2.45) is 0 Å². The molecule has 1 aromatic rings. The topological polar surface area (TPSA) is 66.2 Å². The Kier molecular flexibility index (Phi) is 3.27. The van der Waals surface area contributed by atoms with Crippen molar-refractivity contribution in [2.75, 3.05) is 6.26 Å². The van der Waals surface area contributed by atoms with Crippen LogP contribution < -0.4 is 0 Å². The zero-order valence-corrected chi connectivity index (χ0v) is 7.91. The summed E-state index contributed by atoms with van der Waals surface area (Å²) in [4.78, 5) is 9.91. The van der Waals surface area contributed by atoms with Crippen LogP contribution in [0.5, 0.6) is 0 Å². The van der Waals surface area contributed by atoms with Crippen molar-refractivity contribution in [1.29, 1.82) is 0 Å². The van der Waals surface area contributed by atoms with E-state index in [4.69, 9.17) is 0 Å². The Hall–Kier alpha value is -1.07. The van der Waals surface area contributed by atoms with Crippen LogP contribution in [0.4, 0.5) is 5.69 Å². The second kappa shape index (κ2) is 4.25. The van der Waals surface area contributed by atoms with E-state index in [2.05, 4.69) is 0 Å². The molecule has 1 aromatic carbocycles. The summed E-state index contributed by atoms with van der Waals surface area (Å²) >= 11 is -0.961. The molecule has 5 heteroatoms. The Labute approximate surface area is 78.9 Å². The molecule has 0 radical (unpaired) electrons. The molecule has 0 heterocycles. The van der Waals surface area contributed by atoms with E-state index in [1.807, 2.05) is 0 Å². The van der Waals surface area contributed by atoms with E-state index in [0.717, 1.165) is 5.56 Å². The molecule has 13 heavy (non-hydrogen) atoms. The number of nitro groups is 1. The van der Waals surface area contributed by atoms with Gasteiger partial charge in [0.05, 0.1) is 11.2 Å². The normalized spacial score (nSPS) is 12.5. The van der Waals surface area contributed by atoms with Crippen LogP contribution in [0.1, 0.15) is 5.56 Å². The van der Waals surface area contributed by atoms with Crippen molar-refractivity contribution in [2.45, 2.75) is 5.75 Å².